The molecule has 0 aliphatic heterocycles. The number of benzene rings is 1. The van der Waals surface area contributed by atoms with Crippen LogP contribution >= 0.6 is 15.9 Å². The van der Waals surface area contributed by atoms with Gasteiger partial charge in [0.15, 0.2) is 0 Å². The molecule has 0 radical (unpaired) electrons. The molecular weight excluding hydrogens is 310 g/mol. The van der Waals surface area contributed by atoms with Crippen molar-refractivity contribution >= 4 is 33.3 Å². The Labute approximate surface area is 118 Å². The summed E-state index contributed by atoms with van der Waals surface area (Å²) < 4.78 is 0.706. The van der Waals surface area contributed by atoms with Crippen LogP contribution in [0.1, 0.15) is 15.9 Å². The molecule has 0 fully saturated rings. The number of nitrogen functional groups attached to an aromatic ring is 1. The largest absolute Gasteiger partial charge is 0.507 e. The highest BCUT2D eigenvalue weighted by Gasteiger charge is 2.13. The minimum atomic E-state index is -0.431. The fourth-order valence-electron chi connectivity index (χ4n) is 1.59. The molecule has 0 unspecified atom stereocenters. The summed E-state index contributed by atoms with van der Waals surface area (Å²) in [5.74, 6) is -0.105. The van der Waals surface area contributed by atoms with Crippen LogP contribution in [-0.4, -0.2) is 16.0 Å². The third-order valence-electron chi connectivity index (χ3n) is 2.53. The predicted molar refractivity (Wildman–Crippen MR) is 77.1 cm³/mol. The molecule has 0 spiro atoms. The summed E-state index contributed by atoms with van der Waals surface area (Å²) in [4.78, 5) is 16.1. The van der Waals surface area contributed by atoms with E-state index in [-0.39, 0.29) is 11.3 Å². The number of nitrogens with one attached hydrogen (secondary N) is 1. The average Bonchev–Trinajstić information content (AvgIpc) is 2.35. The van der Waals surface area contributed by atoms with E-state index in [1.807, 2.05) is 0 Å². The van der Waals surface area contributed by atoms with Crippen molar-refractivity contribution in [2.24, 2.45) is 0 Å². The smallest absolute Gasteiger partial charge is 0.260 e. The van der Waals surface area contributed by atoms with E-state index in [9.17, 15) is 9.90 Å². The number of anilines is 2. The first-order chi connectivity index (χ1) is 8.97. The van der Waals surface area contributed by atoms with Crippen LogP contribution in [-0.2, 0) is 0 Å². The van der Waals surface area contributed by atoms with Gasteiger partial charge in [0, 0.05) is 4.47 Å². The number of nitrogens with zero attached hydrogens (tertiary/aromatic N) is 1. The highest BCUT2D eigenvalue weighted by molar-refractivity contribution is 9.10. The molecule has 4 N–H and O–H groups in total. The highest BCUT2D eigenvalue weighted by Crippen LogP contribution is 2.23. The van der Waals surface area contributed by atoms with E-state index in [1.165, 1.54) is 18.3 Å². The summed E-state index contributed by atoms with van der Waals surface area (Å²) in [6.45, 7) is 1.79. The minimum Gasteiger partial charge on any atom is -0.507 e. The number of hydrogen-bond donors (Lipinski definition) is 3. The number of halogens is 1. The number of nitrogens with two attached hydrogens (primary N) is 1. The number of carbonyl (C=O) groups excluding carboxylic acids is 1. The van der Waals surface area contributed by atoms with Crippen molar-refractivity contribution in [1.29, 1.82) is 0 Å². The summed E-state index contributed by atoms with van der Waals surface area (Å²) in [7, 11) is 0. The van der Waals surface area contributed by atoms with Crippen molar-refractivity contribution in [2.45, 2.75) is 6.92 Å². The van der Waals surface area contributed by atoms with Gasteiger partial charge in [-0.2, -0.15) is 0 Å². The number of aryl methyl sites for hydroxylation is 1. The standard InChI is InChI=1S/C13H12BrN3O2/c1-7-4-9(15)6-16-12(7)17-13(19)10-5-8(14)2-3-11(10)18/h2-6,18H,15H2,1H3,(H,16,17,19). The van der Waals surface area contributed by atoms with Gasteiger partial charge in [-0.15, -0.1) is 0 Å². The van der Waals surface area contributed by atoms with E-state index in [2.05, 4.69) is 26.2 Å². The van der Waals surface area contributed by atoms with E-state index < -0.39 is 5.91 Å². The van der Waals surface area contributed by atoms with Gasteiger partial charge in [0.1, 0.15) is 11.6 Å². The maximum atomic E-state index is 12.1. The first kappa shape index (κ1) is 13.4. The van der Waals surface area contributed by atoms with Gasteiger partial charge in [0.05, 0.1) is 17.4 Å². The van der Waals surface area contributed by atoms with Crippen molar-refractivity contribution in [1.82, 2.24) is 4.98 Å². The van der Waals surface area contributed by atoms with E-state index in [4.69, 9.17) is 5.73 Å². The Morgan fingerprint density at radius 3 is 2.84 bits per heavy atom. The molecule has 2 aromatic rings. The molecule has 0 atom stereocenters. The number of phenolic OH excluding ortho intramolecular Hbond substituents is 1. The zero-order chi connectivity index (χ0) is 14.0. The molecule has 1 heterocycles. The molecule has 0 aliphatic rings. The summed E-state index contributed by atoms with van der Waals surface area (Å²) in [5.41, 5.74) is 7.05. The lowest BCUT2D eigenvalue weighted by molar-refractivity contribution is 0.102. The zero-order valence-corrected chi connectivity index (χ0v) is 11.7. The van der Waals surface area contributed by atoms with Crippen LogP contribution in [0.2, 0.25) is 0 Å². The summed E-state index contributed by atoms with van der Waals surface area (Å²) in [6.07, 6.45) is 1.46. The molecule has 98 valence electrons. The molecule has 0 saturated carbocycles. The summed E-state index contributed by atoms with van der Waals surface area (Å²) >= 11 is 3.25. The Balaban J connectivity index is 2.28. The van der Waals surface area contributed by atoms with Crippen molar-refractivity contribution < 1.29 is 9.90 Å². The number of hydrogen-bond acceptors (Lipinski definition) is 4. The molecule has 6 heteroatoms. The first-order valence-electron chi connectivity index (χ1n) is 5.49. The number of phenols is 1. The van der Waals surface area contributed by atoms with E-state index in [0.29, 0.717) is 16.0 Å². The van der Waals surface area contributed by atoms with Gasteiger partial charge in [-0.3, -0.25) is 4.79 Å². The quantitative estimate of drug-likeness (QED) is 0.793. The minimum absolute atomic E-state index is 0.0891. The molecular formula is C13H12BrN3O2. The number of aromatic nitrogens is 1. The molecule has 0 bridgehead atoms. The topological polar surface area (TPSA) is 88.2 Å². The number of rotatable bonds is 2. The second-order valence-corrected chi connectivity index (χ2v) is 4.97. The molecule has 1 aromatic carbocycles. The lowest BCUT2D eigenvalue weighted by atomic mass is 10.2. The summed E-state index contributed by atoms with van der Waals surface area (Å²) in [5, 5.41) is 12.3. The molecule has 1 amide bonds. The number of amides is 1. The van der Waals surface area contributed by atoms with Crippen molar-refractivity contribution in [3.63, 3.8) is 0 Å². The predicted octanol–water partition coefficient (Wildman–Crippen LogP) is 2.69. The van der Waals surface area contributed by atoms with Gasteiger partial charge in [0.2, 0.25) is 0 Å². The lowest BCUT2D eigenvalue weighted by Gasteiger charge is -2.09. The summed E-state index contributed by atoms with van der Waals surface area (Å²) in [6, 6.07) is 6.35. The Kier molecular flexibility index (Phi) is 3.71. The average molecular weight is 322 g/mol. The third kappa shape index (κ3) is 3.03. The fourth-order valence-corrected chi connectivity index (χ4v) is 1.95. The van der Waals surface area contributed by atoms with Crippen LogP contribution < -0.4 is 11.1 Å². The Morgan fingerprint density at radius 2 is 2.16 bits per heavy atom. The fraction of sp³-hybridized carbons (Fsp3) is 0.0769. The van der Waals surface area contributed by atoms with Gasteiger partial charge in [-0.05, 0) is 36.8 Å². The van der Waals surface area contributed by atoms with Gasteiger partial charge < -0.3 is 16.2 Å². The number of aromatic hydroxyl groups is 1. The normalized spacial score (nSPS) is 10.2. The molecule has 0 saturated heterocycles. The Bertz CT molecular complexity index is 644. The van der Waals surface area contributed by atoms with Gasteiger partial charge in [-0.1, -0.05) is 15.9 Å². The molecule has 2 rings (SSSR count). The number of pyridine rings is 1. The second-order valence-electron chi connectivity index (χ2n) is 4.05. The Hall–Kier alpha value is -2.08. The van der Waals surface area contributed by atoms with E-state index >= 15 is 0 Å². The highest BCUT2D eigenvalue weighted by atomic mass is 79.9. The third-order valence-corrected chi connectivity index (χ3v) is 3.03. The molecule has 0 aliphatic carbocycles. The zero-order valence-electron chi connectivity index (χ0n) is 10.1. The second kappa shape index (κ2) is 5.27. The molecule has 19 heavy (non-hydrogen) atoms. The van der Waals surface area contributed by atoms with Gasteiger partial charge >= 0.3 is 0 Å². The maximum absolute atomic E-state index is 12.1. The lowest BCUT2D eigenvalue weighted by Crippen LogP contribution is -2.14. The van der Waals surface area contributed by atoms with Gasteiger partial charge in [-0.25, -0.2) is 4.98 Å². The first-order valence-corrected chi connectivity index (χ1v) is 6.28. The van der Waals surface area contributed by atoms with Crippen LogP contribution in [0.25, 0.3) is 0 Å². The number of carbonyl (C=O) groups is 1. The van der Waals surface area contributed by atoms with E-state index in [0.717, 1.165) is 5.56 Å². The molecule has 1 aromatic heterocycles. The van der Waals surface area contributed by atoms with Gasteiger partial charge in [0.25, 0.3) is 5.91 Å². The Morgan fingerprint density at radius 1 is 1.42 bits per heavy atom. The van der Waals surface area contributed by atoms with Crippen molar-refractivity contribution in [3.05, 3.63) is 46.1 Å². The van der Waals surface area contributed by atoms with Crippen molar-refractivity contribution in [2.75, 3.05) is 11.1 Å². The molecule has 5 nitrogen and oxygen atoms in total. The SMILES string of the molecule is Cc1cc(N)cnc1NC(=O)c1cc(Br)ccc1O. The van der Waals surface area contributed by atoms with Crippen LogP contribution in [0, 0.1) is 6.92 Å². The van der Waals surface area contributed by atoms with E-state index in [1.54, 1.807) is 19.1 Å². The van der Waals surface area contributed by atoms with Crippen molar-refractivity contribution in [3.8, 4) is 5.75 Å². The van der Waals surface area contributed by atoms with Crippen LogP contribution in [0.4, 0.5) is 11.5 Å². The van der Waals surface area contributed by atoms with Crippen LogP contribution in [0.15, 0.2) is 34.9 Å². The van der Waals surface area contributed by atoms with Crippen LogP contribution in [0.3, 0.4) is 0 Å². The monoisotopic (exact) mass is 321 g/mol. The van der Waals surface area contributed by atoms with Crippen LogP contribution in [0.5, 0.6) is 5.75 Å². The maximum Gasteiger partial charge on any atom is 0.260 e.